The highest BCUT2D eigenvalue weighted by molar-refractivity contribution is 7.99. The first-order valence-corrected chi connectivity index (χ1v) is 9.32. The van der Waals surface area contributed by atoms with Crippen LogP contribution in [-0.4, -0.2) is 36.1 Å². The quantitative estimate of drug-likeness (QED) is 0.605. The number of para-hydroxylation sites is 1. The maximum absolute atomic E-state index is 13.6. The van der Waals surface area contributed by atoms with E-state index in [0.717, 1.165) is 5.56 Å². The van der Waals surface area contributed by atoms with Crippen molar-refractivity contribution in [3.05, 3.63) is 60.4 Å². The summed E-state index contributed by atoms with van der Waals surface area (Å²) in [4.78, 5) is 12.0. The van der Waals surface area contributed by atoms with Gasteiger partial charge in [-0.2, -0.15) is 0 Å². The summed E-state index contributed by atoms with van der Waals surface area (Å²) in [6.45, 7) is 0. The molecule has 0 spiro atoms. The summed E-state index contributed by atoms with van der Waals surface area (Å²) < 4.78 is 24.2. The Morgan fingerprint density at radius 3 is 2.57 bits per heavy atom. The van der Waals surface area contributed by atoms with Crippen LogP contribution in [0.5, 0.6) is 11.5 Å². The van der Waals surface area contributed by atoms with Gasteiger partial charge in [0, 0.05) is 5.56 Å². The van der Waals surface area contributed by atoms with E-state index in [0.29, 0.717) is 22.2 Å². The van der Waals surface area contributed by atoms with E-state index in [1.807, 2.05) is 6.07 Å². The molecule has 3 rings (SSSR count). The number of benzene rings is 2. The Morgan fingerprint density at radius 1 is 1.07 bits per heavy atom. The zero-order valence-electron chi connectivity index (χ0n) is 15.3. The molecule has 3 aromatic rings. The molecule has 1 heterocycles. The maximum atomic E-state index is 13.6. The van der Waals surface area contributed by atoms with Crippen LogP contribution < -0.4 is 14.8 Å². The second-order valence-corrected chi connectivity index (χ2v) is 6.64. The molecule has 0 fully saturated rings. The number of carbonyl (C=O) groups is 1. The molecule has 0 bridgehead atoms. The Morgan fingerprint density at radius 2 is 1.89 bits per heavy atom. The molecule has 0 aliphatic carbocycles. The van der Waals surface area contributed by atoms with Crippen LogP contribution in [0.15, 0.2) is 59.6 Å². The van der Waals surface area contributed by atoms with Crippen molar-refractivity contribution < 1.29 is 18.7 Å². The van der Waals surface area contributed by atoms with Gasteiger partial charge in [-0.05, 0) is 42.5 Å². The summed E-state index contributed by atoms with van der Waals surface area (Å²) in [5, 5.41) is 11.5. The predicted octanol–water partition coefficient (Wildman–Crippen LogP) is 4.03. The lowest BCUT2D eigenvalue weighted by Crippen LogP contribution is -2.15. The third kappa shape index (κ3) is 4.77. The van der Waals surface area contributed by atoms with E-state index in [1.54, 1.807) is 50.6 Å². The van der Waals surface area contributed by atoms with E-state index in [4.69, 9.17) is 9.47 Å². The molecule has 1 amide bonds. The van der Waals surface area contributed by atoms with E-state index in [2.05, 4.69) is 15.5 Å². The van der Waals surface area contributed by atoms with Gasteiger partial charge in [0.2, 0.25) is 5.91 Å². The number of rotatable bonds is 7. The number of thioether (sulfide) groups is 1. The van der Waals surface area contributed by atoms with Crippen LogP contribution in [0.3, 0.4) is 0 Å². The molecular weight excluding hydrogens is 381 g/mol. The topological polar surface area (TPSA) is 73.3 Å². The minimum Gasteiger partial charge on any atom is -0.497 e. The summed E-state index contributed by atoms with van der Waals surface area (Å²) in [5.74, 6) is 0.624. The smallest absolute Gasteiger partial charge is 0.234 e. The Balaban J connectivity index is 1.65. The van der Waals surface area contributed by atoms with Crippen molar-refractivity contribution in [1.29, 1.82) is 0 Å². The summed E-state index contributed by atoms with van der Waals surface area (Å²) in [6, 6.07) is 15.0. The van der Waals surface area contributed by atoms with Crippen molar-refractivity contribution in [2.24, 2.45) is 0 Å². The molecule has 2 aromatic carbocycles. The van der Waals surface area contributed by atoms with Crippen molar-refractivity contribution in [2.45, 2.75) is 5.03 Å². The number of hydrogen-bond donors (Lipinski definition) is 1. The Bertz CT molecular complexity index is 967. The van der Waals surface area contributed by atoms with E-state index >= 15 is 0 Å². The fourth-order valence-corrected chi connectivity index (χ4v) is 3.06. The molecule has 28 heavy (non-hydrogen) atoms. The van der Waals surface area contributed by atoms with Crippen LogP contribution in [-0.2, 0) is 4.79 Å². The van der Waals surface area contributed by atoms with Crippen molar-refractivity contribution >= 4 is 23.4 Å². The number of hydrogen-bond acceptors (Lipinski definition) is 6. The zero-order valence-corrected chi connectivity index (χ0v) is 16.1. The third-order valence-electron chi connectivity index (χ3n) is 3.82. The average Bonchev–Trinajstić information content (AvgIpc) is 2.74. The molecule has 0 aliphatic heterocycles. The van der Waals surface area contributed by atoms with Gasteiger partial charge in [0.15, 0.2) is 0 Å². The van der Waals surface area contributed by atoms with Gasteiger partial charge in [0.25, 0.3) is 0 Å². The van der Waals surface area contributed by atoms with Crippen molar-refractivity contribution in [3.63, 3.8) is 0 Å². The standard InChI is InChI=1S/C20H18FN3O3S/c1-26-13-7-9-18(27-2)14(11-13)16-8-10-20(24-23-16)28-12-19(25)22-17-6-4-3-5-15(17)21/h3-11H,12H2,1-2H3,(H,22,25). The summed E-state index contributed by atoms with van der Waals surface area (Å²) in [6.07, 6.45) is 0. The highest BCUT2D eigenvalue weighted by atomic mass is 32.2. The lowest BCUT2D eigenvalue weighted by atomic mass is 10.1. The van der Waals surface area contributed by atoms with Gasteiger partial charge in [0.05, 0.1) is 31.4 Å². The van der Waals surface area contributed by atoms with E-state index in [9.17, 15) is 9.18 Å². The second-order valence-electron chi connectivity index (χ2n) is 5.64. The molecule has 0 unspecified atom stereocenters. The van der Waals surface area contributed by atoms with Gasteiger partial charge >= 0.3 is 0 Å². The largest absolute Gasteiger partial charge is 0.497 e. The van der Waals surface area contributed by atoms with E-state index in [1.165, 1.54) is 23.9 Å². The molecule has 144 valence electrons. The molecule has 6 nitrogen and oxygen atoms in total. The zero-order chi connectivity index (χ0) is 19.9. The SMILES string of the molecule is COc1ccc(OC)c(-c2ccc(SCC(=O)Nc3ccccc3F)nn2)c1. The van der Waals surface area contributed by atoms with Crippen LogP contribution in [0.1, 0.15) is 0 Å². The normalized spacial score (nSPS) is 10.4. The first-order valence-electron chi connectivity index (χ1n) is 8.34. The fourth-order valence-electron chi connectivity index (χ4n) is 2.44. The van der Waals surface area contributed by atoms with Gasteiger partial charge in [0.1, 0.15) is 22.3 Å². The molecule has 0 saturated heterocycles. The molecule has 0 aliphatic rings. The number of carbonyl (C=O) groups excluding carboxylic acids is 1. The van der Waals surface area contributed by atoms with Gasteiger partial charge in [-0.25, -0.2) is 4.39 Å². The van der Waals surface area contributed by atoms with Gasteiger partial charge in [-0.3, -0.25) is 4.79 Å². The van der Waals surface area contributed by atoms with Gasteiger partial charge in [-0.15, -0.1) is 10.2 Å². The van der Waals surface area contributed by atoms with Crippen LogP contribution in [0.25, 0.3) is 11.3 Å². The van der Waals surface area contributed by atoms with Crippen LogP contribution >= 0.6 is 11.8 Å². The van der Waals surface area contributed by atoms with Gasteiger partial charge < -0.3 is 14.8 Å². The Hall–Kier alpha value is -3.13. The predicted molar refractivity (Wildman–Crippen MR) is 106 cm³/mol. The minimum atomic E-state index is -0.475. The number of nitrogens with one attached hydrogen (secondary N) is 1. The van der Waals surface area contributed by atoms with Crippen LogP contribution in [0, 0.1) is 5.82 Å². The molecular formula is C20H18FN3O3S. The molecule has 8 heteroatoms. The number of halogens is 1. The average molecular weight is 399 g/mol. The summed E-state index contributed by atoms with van der Waals surface area (Å²) >= 11 is 1.21. The highest BCUT2D eigenvalue weighted by Crippen LogP contribution is 2.32. The first kappa shape index (κ1) is 19.6. The first-order chi connectivity index (χ1) is 13.6. The number of aromatic nitrogens is 2. The summed E-state index contributed by atoms with van der Waals surface area (Å²) in [5.41, 5.74) is 1.53. The Kier molecular flexibility index (Phi) is 6.44. The van der Waals surface area contributed by atoms with E-state index in [-0.39, 0.29) is 17.3 Å². The third-order valence-corrected chi connectivity index (χ3v) is 4.74. The fraction of sp³-hybridized carbons (Fsp3) is 0.150. The maximum Gasteiger partial charge on any atom is 0.234 e. The molecule has 0 radical (unpaired) electrons. The van der Waals surface area contributed by atoms with Crippen LogP contribution in [0.4, 0.5) is 10.1 Å². The molecule has 0 saturated carbocycles. The lowest BCUT2D eigenvalue weighted by Gasteiger charge is -2.10. The highest BCUT2D eigenvalue weighted by Gasteiger charge is 2.11. The number of methoxy groups -OCH3 is 2. The number of ether oxygens (including phenoxy) is 2. The Labute approximate surface area is 166 Å². The number of anilines is 1. The second kappa shape index (κ2) is 9.18. The summed E-state index contributed by atoms with van der Waals surface area (Å²) in [7, 11) is 3.17. The van der Waals surface area contributed by atoms with Crippen molar-refractivity contribution in [1.82, 2.24) is 10.2 Å². The molecule has 1 aromatic heterocycles. The minimum absolute atomic E-state index is 0.0881. The number of amides is 1. The number of nitrogens with zero attached hydrogens (tertiary/aromatic N) is 2. The van der Waals surface area contributed by atoms with Crippen molar-refractivity contribution in [3.8, 4) is 22.8 Å². The van der Waals surface area contributed by atoms with Crippen molar-refractivity contribution in [2.75, 3.05) is 25.3 Å². The monoisotopic (exact) mass is 399 g/mol. The molecule has 1 N–H and O–H groups in total. The van der Waals surface area contributed by atoms with Gasteiger partial charge in [-0.1, -0.05) is 23.9 Å². The van der Waals surface area contributed by atoms with E-state index < -0.39 is 5.82 Å². The molecule has 0 atom stereocenters. The lowest BCUT2D eigenvalue weighted by molar-refractivity contribution is -0.113. The van der Waals surface area contributed by atoms with Crippen LogP contribution in [0.2, 0.25) is 0 Å².